The van der Waals surface area contributed by atoms with Gasteiger partial charge in [0.15, 0.2) is 0 Å². The van der Waals surface area contributed by atoms with Crippen molar-refractivity contribution in [2.75, 3.05) is 5.32 Å². The fourth-order valence-electron chi connectivity index (χ4n) is 1.63. The smallest absolute Gasteiger partial charge is 0.133 e. The number of anilines is 1. The van der Waals surface area contributed by atoms with E-state index in [1.807, 2.05) is 13.0 Å². The van der Waals surface area contributed by atoms with Crippen LogP contribution in [-0.2, 0) is 0 Å². The molecule has 0 atom stereocenters. The van der Waals surface area contributed by atoms with Crippen LogP contribution < -0.4 is 5.32 Å². The molecule has 1 aromatic rings. The highest BCUT2D eigenvalue weighted by molar-refractivity contribution is 5.37. The van der Waals surface area contributed by atoms with Gasteiger partial charge >= 0.3 is 0 Å². The SMILES string of the molecule is CCC(CC)Nc1cc(C)nc(C(C)C)n1. The Morgan fingerprint density at radius 3 is 2.31 bits per heavy atom. The van der Waals surface area contributed by atoms with Crippen LogP contribution >= 0.6 is 0 Å². The molecule has 0 fully saturated rings. The van der Waals surface area contributed by atoms with Crippen molar-refractivity contribution in [3.8, 4) is 0 Å². The summed E-state index contributed by atoms with van der Waals surface area (Å²) in [6.07, 6.45) is 2.24. The summed E-state index contributed by atoms with van der Waals surface area (Å²) in [5.41, 5.74) is 1.03. The second-order valence-electron chi connectivity index (χ2n) is 4.57. The summed E-state index contributed by atoms with van der Waals surface area (Å²) in [6.45, 7) is 10.6. The molecule has 0 radical (unpaired) electrons. The van der Waals surface area contributed by atoms with E-state index in [-0.39, 0.29) is 0 Å². The highest BCUT2D eigenvalue weighted by Gasteiger charge is 2.08. The van der Waals surface area contributed by atoms with Gasteiger partial charge in [0.2, 0.25) is 0 Å². The molecule has 0 unspecified atom stereocenters. The molecule has 0 aromatic carbocycles. The van der Waals surface area contributed by atoms with E-state index in [2.05, 4.69) is 43.0 Å². The van der Waals surface area contributed by atoms with E-state index in [0.717, 1.165) is 30.2 Å². The first kappa shape index (κ1) is 12.9. The molecular formula is C13H23N3. The minimum absolute atomic E-state index is 0.377. The first-order valence-electron chi connectivity index (χ1n) is 6.18. The van der Waals surface area contributed by atoms with Crippen molar-refractivity contribution >= 4 is 5.82 Å². The van der Waals surface area contributed by atoms with Crippen molar-refractivity contribution in [2.24, 2.45) is 0 Å². The minimum atomic E-state index is 0.377. The summed E-state index contributed by atoms with van der Waals surface area (Å²) in [4.78, 5) is 8.99. The van der Waals surface area contributed by atoms with Gasteiger partial charge in [-0.3, -0.25) is 0 Å². The van der Waals surface area contributed by atoms with E-state index in [0.29, 0.717) is 12.0 Å². The second-order valence-corrected chi connectivity index (χ2v) is 4.57. The molecule has 0 bridgehead atoms. The maximum absolute atomic E-state index is 4.55. The van der Waals surface area contributed by atoms with Crippen LogP contribution in [0.1, 0.15) is 58.0 Å². The molecule has 1 rings (SSSR count). The first-order chi connectivity index (χ1) is 7.56. The Balaban J connectivity index is 2.87. The van der Waals surface area contributed by atoms with Gasteiger partial charge < -0.3 is 5.32 Å². The maximum Gasteiger partial charge on any atom is 0.133 e. The summed E-state index contributed by atoms with van der Waals surface area (Å²) >= 11 is 0. The molecule has 0 aliphatic rings. The third-order valence-electron chi connectivity index (χ3n) is 2.73. The molecule has 0 spiro atoms. The van der Waals surface area contributed by atoms with Gasteiger partial charge in [0, 0.05) is 23.7 Å². The summed E-state index contributed by atoms with van der Waals surface area (Å²) < 4.78 is 0. The Kier molecular flexibility index (Phi) is 4.71. The lowest BCUT2D eigenvalue weighted by Crippen LogP contribution is -2.18. The van der Waals surface area contributed by atoms with Crippen molar-refractivity contribution in [1.29, 1.82) is 0 Å². The normalized spacial score (nSPS) is 11.2. The fourth-order valence-corrected chi connectivity index (χ4v) is 1.63. The van der Waals surface area contributed by atoms with Crippen molar-refractivity contribution in [2.45, 2.75) is 59.4 Å². The van der Waals surface area contributed by atoms with Gasteiger partial charge in [-0.1, -0.05) is 27.7 Å². The maximum atomic E-state index is 4.55. The third kappa shape index (κ3) is 3.47. The van der Waals surface area contributed by atoms with Crippen LogP contribution in [0.4, 0.5) is 5.82 Å². The molecule has 0 saturated heterocycles. The second kappa shape index (κ2) is 5.83. The highest BCUT2D eigenvalue weighted by atomic mass is 15.0. The van der Waals surface area contributed by atoms with Gasteiger partial charge in [-0.25, -0.2) is 9.97 Å². The quantitative estimate of drug-likeness (QED) is 0.826. The summed E-state index contributed by atoms with van der Waals surface area (Å²) in [5.74, 6) is 2.26. The van der Waals surface area contributed by atoms with Gasteiger partial charge in [0.25, 0.3) is 0 Å². The molecule has 0 aliphatic heterocycles. The van der Waals surface area contributed by atoms with Gasteiger partial charge in [0.1, 0.15) is 11.6 Å². The monoisotopic (exact) mass is 221 g/mol. The summed E-state index contributed by atoms with van der Waals surface area (Å²) in [6, 6.07) is 2.53. The van der Waals surface area contributed by atoms with E-state index >= 15 is 0 Å². The molecule has 1 heterocycles. The van der Waals surface area contributed by atoms with Crippen LogP contribution in [0.25, 0.3) is 0 Å². The zero-order valence-electron chi connectivity index (χ0n) is 11.0. The number of aryl methyl sites for hydroxylation is 1. The van der Waals surface area contributed by atoms with E-state index in [9.17, 15) is 0 Å². The van der Waals surface area contributed by atoms with Crippen LogP contribution in [0.15, 0.2) is 6.07 Å². The summed E-state index contributed by atoms with van der Waals surface area (Å²) in [5, 5.41) is 3.46. The molecule has 16 heavy (non-hydrogen) atoms. The molecule has 0 amide bonds. The van der Waals surface area contributed by atoms with Crippen molar-refractivity contribution in [1.82, 2.24) is 9.97 Å². The predicted octanol–water partition coefficient (Wildman–Crippen LogP) is 3.51. The van der Waals surface area contributed by atoms with E-state index in [1.54, 1.807) is 0 Å². The van der Waals surface area contributed by atoms with Crippen LogP contribution in [-0.4, -0.2) is 16.0 Å². The van der Waals surface area contributed by atoms with Crippen LogP contribution in [0, 0.1) is 6.92 Å². The number of nitrogens with zero attached hydrogens (tertiary/aromatic N) is 2. The van der Waals surface area contributed by atoms with Gasteiger partial charge in [-0.2, -0.15) is 0 Å². The average Bonchev–Trinajstić information content (AvgIpc) is 2.25. The number of nitrogens with one attached hydrogen (secondary N) is 1. The Labute approximate surface area is 98.7 Å². The van der Waals surface area contributed by atoms with Gasteiger partial charge in [-0.15, -0.1) is 0 Å². The first-order valence-corrected chi connectivity index (χ1v) is 6.18. The van der Waals surface area contributed by atoms with Crippen molar-refractivity contribution < 1.29 is 0 Å². The molecule has 3 heteroatoms. The number of aromatic nitrogens is 2. The zero-order chi connectivity index (χ0) is 12.1. The molecule has 1 N–H and O–H groups in total. The van der Waals surface area contributed by atoms with Crippen LogP contribution in [0.3, 0.4) is 0 Å². The highest BCUT2D eigenvalue weighted by Crippen LogP contribution is 2.15. The van der Waals surface area contributed by atoms with Crippen molar-refractivity contribution in [3.05, 3.63) is 17.6 Å². The lowest BCUT2D eigenvalue weighted by atomic mass is 10.1. The molecule has 90 valence electrons. The van der Waals surface area contributed by atoms with Gasteiger partial charge in [-0.05, 0) is 19.8 Å². The van der Waals surface area contributed by atoms with Crippen molar-refractivity contribution in [3.63, 3.8) is 0 Å². The van der Waals surface area contributed by atoms with E-state index < -0.39 is 0 Å². The fraction of sp³-hybridized carbons (Fsp3) is 0.692. The number of hydrogen-bond acceptors (Lipinski definition) is 3. The molecule has 1 aromatic heterocycles. The Bertz CT molecular complexity index is 330. The standard InChI is InChI=1S/C13H23N3/c1-6-11(7-2)15-12-8-10(5)14-13(16-12)9(3)4/h8-9,11H,6-7H2,1-5H3,(H,14,15,16). The van der Waals surface area contributed by atoms with E-state index in [4.69, 9.17) is 0 Å². The average molecular weight is 221 g/mol. The zero-order valence-corrected chi connectivity index (χ0v) is 11.0. The van der Waals surface area contributed by atoms with Gasteiger partial charge in [0.05, 0.1) is 0 Å². The van der Waals surface area contributed by atoms with E-state index in [1.165, 1.54) is 0 Å². The molecule has 0 saturated carbocycles. The topological polar surface area (TPSA) is 37.8 Å². The molecule has 3 nitrogen and oxygen atoms in total. The summed E-state index contributed by atoms with van der Waals surface area (Å²) in [7, 11) is 0. The third-order valence-corrected chi connectivity index (χ3v) is 2.73. The number of hydrogen-bond donors (Lipinski definition) is 1. The number of rotatable bonds is 5. The minimum Gasteiger partial charge on any atom is -0.367 e. The van der Waals surface area contributed by atoms with Crippen LogP contribution in [0.2, 0.25) is 0 Å². The Morgan fingerprint density at radius 1 is 1.19 bits per heavy atom. The Hall–Kier alpha value is -1.12. The lowest BCUT2D eigenvalue weighted by Gasteiger charge is -2.16. The molecule has 0 aliphatic carbocycles. The molecular weight excluding hydrogens is 198 g/mol. The Morgan fingerprint density at radius 2 is 1.81 bits per heavy atom. The lowest BCUT2D eigenvalue weighted by molar-refractivity contribution is 0.664. The largest absolute Gasteiger partial charge is 0.367 e. The predicted molar refractivity (Wildman–Crippen MR) is 68.9 cm³/mol. The van der Waals surface area contributed by atoms with Crippen LogP contribution in [0.5, 0.6) is 0 Å².